The number of para-hydroxylation sites is 2. The van der Waals surface area contributed by atoms with E-state index in [-0.39, 0.29) is 0 Å². The standard InChI is InChI=1S/C49H32N4O/c1-5-16-33(17-6-1)34-28-30-38(31-29-34)53(37-22-11-4-12-23-37)43-26-15-25-40-42(32-41-39-24-13-14-27-44(39)54-46(41)45(40)43)49-51-47(35-18-7-2-8-19-35)50-48(52-49)36-20-9-3-10-21-36/h1-32H. The van der Waals surface area contributed by atoms with Crippen molar-refractivity contribution in [2.45, 2.75) is 0 Å². The van der Waals surface area contributed by atoms with Gasteiger partial charge in [-0.2, -0.15) is 0 Å². The summed E-state index contributed by atoms with van der Waals surface area (Å²) in [4.78, 5) is 17.7. The van der Waals surface area contributed by atoms with Crippen molar-refractivity contribution in [1.82, 2.24) is 15.0 Å². The Balaban J connectivity index is 1.27. The van der Waals surface area contributed by atoms with E-state index in [0.717, 1.165) is 72.0 Å². The number of benzene rings is 8. The van der Waals surface area contributed by atoms with Crippen molar-refractivity contribution in [3.63, 3.8) is 0 Å². The van der Waals surface area contributed by atoms with E-state index in [0.29, 0.717) is 17.5 Å². The maximum Gasteiger partial charge on any atom is 0.164 e. The summed E-state index contributed by atoms with van der Waals surface area (Å²) >= 11 is 0. The molecule has 0 spiro atoms. The highest BCUT2D eigenvalue weighted by Crippen LogP contribution is 2.46. The van der Waals surface area contributed by atoms with Gasteiger partial charge in [0.25, 0.3) is 0 Å². The monoisotopic (exact) mass is 692 g/mol. The molecule has 0 bridgehead atoms. The average Bonchev–Trinajstić information content (AvgIpc) is 3.63. The van der Waals surface area contributed by atoms with Crippen molar-refractivity contribution in [3.05, 3.63) is 194 Å². The third-order valence-electron chi connectivity index (χ3n) is 9.91. The highest BCUT2D eigenvalue weighted by molar-refractivity contribution is 6.23. The smallest absolute Gasteiger partial charge is 0.164 e. The molecular weight excluding hydrogens is 661 g/mol. The second-order valence-corrected chi connectivity index (χ2v) is 13.2. The minimum Gasteiger partial charge on any atom is -0.455 e. The van der Waals surface area contributed by atoms with Crippen LogP contribution in [0.5, 0.6) is 0 Å². The van der Waals surface area contributed by atoms with Gasteiger partial charge in [0.2, 0.25) is 0 Å². The maximum absolute atomic E-state index is 6.80. The molecule has 0 saturated heterocycles. The minimum absolute atomic E-state index is 0.593. The Bertz CT molecular complexity index is 2850. The maximum atomic E-state index is 6.80. The molecule has 10 aromatic rings. The van der Waals surface area contributed by atoms with Crippen LogP contribution in [0.2, 0.25) is 0 Å². The van der Waals surface area contributed by atoms with E-state index in [1.165, 1.54) is 5.56 Å². The SMILES string of the molecule is c1ccc(-c2ccc(N(c3ccccc3)c3cccc4c(-c5nc(-c6ccccc6)nc(-c6ccccc6)n5)cc5c6ccccc6oc5c34)cc2)cc1. The van der Waals surface area contributed by atoms with Crippen molar-refractivity contribution in [1.29, 1.82) is 0 Å². The fourth-order valence-corrected chi connectivity index (χ4v) is 7.36. The van der Waals surface area contributed by atoms with Crippen LogP contribution in [0.1, 0.15) is 0 Å². The molecule has 54 heavy (non-hydrogen) atoms. The molecule has 2 heterocycles. The Labute approximate surface area is 312 Å². The van der Waals surface area contributed by atoms with Crippen LogP contribution in [0.4, 0.5) is 17.1 Å². The van der Waals surface area contributed by atoms with E-state index in [1.54, 1.807) is 0 Å². The minimum atomic E-state index is 0.593. The highest BCUT2D eigenvalue weighted by Gasteiger charge is 2.24. The topological polar surface area (TPSA) is 55.1 Å². The summed E-state index contributed by atoms with van der Waals surface area (Å²) in [6, 6.07) is 66.8. The third kappa shape index (κ3) is 5.56. The Hall–Kier alpha value is -7.37. The van der Waals surface area contributed by atoms with E-state index in [4.69, 9.17) is 19.4 Å². The largest absolute Gasteiger partial charge is 0.455 e. The van der Waals surface area contributed by atoms with Crippen molar-refractivity contribution in [2.75, 3.05) is 4.90 Å². The lowest BCUT2D eigenvalue weighted by molar-refractivity contribution is 0.672. The zero-order valence-electron chi connectivity index (χ0n) is 29.2. The van der Waals surface area contributed by atoms with Gasteiger partial charge in [-0.3, -0.25) is 0 Å². The van der Waals surface area contributed by atoms with Gasteiger partial charge in [-0.05, 0) is 59.0 Å². The van der Waals surface area contributed by atoms with E-state index >= 15 is 0 Å². The number of furan rings is 1. The molecule has 2 aromatic heterocycles. The average molecular weight is 693 g/mol. The van der Waals surface area contributed by atoms with Gasteiger partial charge in [0.1, 0.15) is 11.2 Å². The summed E-state index contributed by atoms with van der Waals surface area (Å²) in [5, 5.41) is 3.98. The van der Waals surface area contributed by atoms with Crippen LogP contribution in [-0.4, -0.2) is 15.0 Å². The van der Waals surface area contributed by atoms with Crippen LogP contribution in [0.3, 0.4) is 0 Å². The van der Waals surface area contributed by atoms with Gasteiger partial charge in [0, 0.05) is 44.2 Å². The van der Waals surface area contributed by atoms with Gasteiger partial charge < -0.3 is 9.32 Å². The van der Waals surface area contributed by atoms with Crippen LogP contribution in [0.15, 0.2) is 199 Å². The summed E-state index contributed by atoms with van der Waals surface area (Å²) in [5.41, 5.74) is 9.76. The summed E-state index contributed by atoms with van der Waals surface area (Å²) in [7, 11) is 0. The van der Waals surface area contributed by atoms with Crippen LogP contribution in [-0.2, 0) is 0 Å². The van der Waals surface area contributed by atoms with Gasteiger partial charge in [0.15, 0.2) is 17.5 Å². The van der Waals surface area contributed by atoms with Crippen molar-refractivity contribution in [2.24, 2.45) is 0 Å². The molecule has 5 nitrogen and oxygen atoms in total. The molecule has 5 heteroatoms. The van der Waals surface area contributed by atoms with E-state index in [9.17, 15) is 0 Å². The number of fused-ring (bicyclic) bond motifs is 5. The Kier molecular flexibility index (Phi) is 7.73. The normalized spacial score (nSPS) is 11.3. The lowest BCUT2D eigenvalue weighted by Crippen LogP contribution is -2.10. The predicted octanol–water partition coefficient (Wildman–Crippen LogP) is 13.1. The van der Waals surface area contributed by atoms with Gasteiger partial charge in [-0.15, -0.1) is 0 Å². The zero-order valence-corrected chi connectivity index (χ0v) is 29.2. The molecular formula is C49H32N4O. The number of rotatable bonds is 7. The molecule has 0 aliphatic rings. The fraction of sp³-hybridized carbons (Fsp3) is 0. The summed E-state index contributed by atoms with van der Waals surface area (Å²) in [6.07, 6.45) is 0. The quantitative estimate of drug-likeness (QED) is 0.166. The van der Waals surface area contributed by atoms with Gasteiger partial charge in [-0.1, -0.05) is 152 Å². The molecule has 0 saturated carbocycles. The Morgan fingerprint density at radius 2 is 0.870 bits per heavy atom. The Morgan fingerprint density at radius 3 is 1.52 bits per heavy atom. The van der Waals surface area contributed by atoms with Crippen molar-refractivity contribution < 1.29 is 4.42 Å². The van der Waals surface area contributed by atoms with Crippen LogP contribution in [0, 0.1) is 0 Å². The first-order valence-corrected chi connectivity index (χ1v) is 18.0. The number of hydrogen-bond donors (Lipinski definition) is 0. The first-order valence-electron chi connectivity index (χ1n) is 18.0. The van der Waals surface area contributed by atoms with Gasteiger partial charge in [0.05, 0.1) is 5.69 Å². The molecule has 0 unspecified atom stereocenters. The second kappa shape index (κ2) is 13.3. The lowest BCUT2D eigenvalue weighted by Gasteiger charge is -2.27. The molecule has 8 aromatic carbocycles. The zero-order chi connectivity index (χ0) is 35.8. The summed E-state index contributed by atoms with van der Waals surface area (Å²) in [6.45, 7) is 0. The Morgan fingerprint density at radius 1 is 0.370 bits per heavy atom. The highest BCUT2D eigenvalue weighted by atomic mass is 16.3. The van der Waals surface area contributed by atoms with E-state index in [2.05, 4.69) is 114 Å². The van der Waals surface area contributed by atoms with Gasteiger partial charge in [-0.25, -0.2) is 15.0 Å². The first kappa shape index (κ1) is 31.4. The molecule has 0 N–H and O–H groups in total. The van der Waals surface area contributed by atoms with Crippen LogP contribution >= 0.6 is 0 Å². The molecule has 10 rings (SSSR count). The fourth-order valence-electron chi connectivity index (χ4n) is 7.36. The third-order valence-corrected chi connectivity index (χ3v) is 9.91. The molecule has 0 fully saturated rings. The number of hydrogen-bond acceptors (Lipinski definition) is 5. The van der Waals surface area contributed by atoms with E-state index < -0.39 is 0 Å². The predicted molar refractivity (Wildman–Crippen MR) is 221 cm³/mol. The summed E-state index contributed by atoms with van der Waals surface area (Å²) in [5.74, 6) is 1.83. The number of nitrogens with zero attached hydrogens (tertiary/aromatic N) is 4. The lowest BCUT2D eigenvalue weighted by atomic mass is 9.97. The summed E-state index contributed by atoms with van der Waals surface area (Å²) < 4.78 is 6.80. The van der Waals surface area contributed by atoms with Crippen LogP contribution < -0.4 is 4.90 Å². The molecule has 0 aliphatic heterocycles. The van der Waals surface area contributed by atoms with Crippen molar-refractivity contribution in [3.8, 4) is 45.3 Å². The molecule has 0 radical (unpaired) electrons. The molecule has 0 amide bonds. The van der Waals surface area contributed by atoms with Crippen molar-refractivity contribution >= 4 is 49.8 Å². The van der Waals surface area contributed by atoms with Crippen LogP contribution in [0.25, 0.3) is 78.0 Å². The van der Waals surface area contributed by atoms with Gasteiger partial charge >= 0.3 is 0 Å². The molecule has 0 atom stereocenters. The van der Waals surface area contributed by atoms with E-state index in [1.807, 2.05) is 84.9 Å². The second-order valence-electron chi connectivity index (χ2n) is 13.2. The molecule has 254 valence electrons. The first-order chi connectivity index (χ1) is 26.8. The number of aromatic nitrogens is 3. The number of anilines is 3. The molecule has 0 aliphatic carbocycles.